The molecule has 1 atom stereocenters. The summed E-state index contributed by atoms with van der Waals surface area (Å²) in [6, 6.07) is 8.90. The van der Waals surface area contributed by atoms with Gasteiger partial charge in [-0.15, -0.1) is 0 Å². The lowest BCUT2D eigenvalue weighted by atomic mass is 10.1. The number of carbonyl (C=O) groups excluding carboxylic acids is 1. The van der Waals surface area contributed by atoms with Crippen molar-refractivity contribution >= 4 is 17.4 Å². The highest BCUT2D eigenvalue weighted by molar-refractivity contribution is 5.81. The minimum Gasteiger partial charge on any atom is -0.481 e. The van der Waals surface area contributed by atoms with Crippen LogP contribution >= 0.6 is 0 Å². The fourth-order valence-corrected chi connectivity index (χ4v) is 3.21. The van der Waals surface area contributed by atoms with Crippen LogP contribution in [0.5, 0.6) is 5.75 Å². The monoisotopic (exact) mass is 384 g/mol. The number of benzene rings is 1. The third-order valence-corrected chi connectivity index (χ3v) is 5.08. The van der Waals surface area contributed by atoms with Crippen molar-refractivity contribution < 1.29 is 14.5 Å². The van der Waals surface area contributed by atoms with Crippen LogP contribution in [0, 0.1) is 24.0 Å². The molecule has 0 unspecified atom stereocenters. The van der Waals surface area contributed by atoms with E-state index >= 15 is 0 Å². The van der Waals surface area contributed by atoms with Crippen LogP contribution in [0.2, 0.25) is 0 Å². The molecule has 1 aliphatic rings. The number of piperazine rings is 1. The maximum absolute atomic E-state index is 12.8. The van der Waals surface area contributed by atoms with Crippen molar-refractivity contribution in [2.24, 2.45) is 0 Å². The van der Waals surface area contributed by atoms with E-state index in [0.717, 1.165) is 22.6 Å². The van der Waals surface area contributed by atoms with Gasteiger partial charge < -0.3 is 24.7 Å². The highest BCUT2D eigenvalue weighted by Crippen LogP contribution is 2.23. The van der Waals surface area contributed by atoms with Crippen molar-refractivity contribution in [1.29, 1.82) is 0 Å². The van der Waals surface area contributed by atoms with Gasteiger partial charge in [-0.05, 0) is 53.9 Å². The largest absolute Gasteiger partial charge is 0.481 e. The van der Waals surface area contributed by atoms with Gasteiger partial charge in [-0.3, -0.25) is 4.79 Å². The fraction of sp³-hybridized carbons (Fsp3) is 0.400. The number of hydrogen-bond acceptors (Lipinski definition) is 6. The lowest BCUT2D eigenvalue weighted by Crippen LogP contribution is -2.52. The summed E-state index contributed by atoms with van der Waals surface area (Å²) in [5.41, 5.74) is 2.98. The SMILES string of the molecule is Cc1cccc(O[C@@H](C)C(=O)N2CCN(c3ccc([N+](=O)[O-])nc3)CC2)c1C. The van der Waals surface area contributed by atoms with Crippen molar-refractivity contribution in [3.8, 4) is 5.75 Å². The molecule has 28 heavy (non-hydrogen) atoms. The first-order valence-corrected chi connectivity index (χ1v) is 9.24. The second-order valence-corrected chi connectivity index (χ2v) is 6.90. The zero-order chi connectivity index (χ0) is 20.3. The quantitative estimate of drug-likeness (QED) is 0.582. The Morgan fingerprint density at radius 2 is 1.89 bits per heavy atom. The van der Waals surface area contributed by atoms with Crippen LogP contribution in [-0.4, -0.2) is 53.0 Å². The van der Waals surface area contributed by atoms with Gasteiger partial charge in [0.1, 0.15) is 5.75 Å². The summed E-state index contributed by atoms with van der Waals surface area (Å²) in [5, 5.41) is 10.7. The normalized spacial score (nSPS) is 15.2. The Kier molecular flexibility index (Phi) is 5.77. The fourth-order valence-electron chi connectivity index (χ4n) is 3.21. The van der Waals surface area contributed by atoms with Crippen molar-refractivity contribution in [2.75, 3.05) is 31.1 Å². The maximum Gasteiger partial charge on any atom is 0.363 e. The summed E-state index contributed by atoms with van der Waals surface area (Å²) >= 11 is 0. The van der Waals surface area contributed by atoms with Crippen molar-refractivity contribution in [2.45, 2.75) is 26.9 Å². The number of ether oxygens (including phenoxy) is 1. The Morgan fingerprint density at radius 3 is 2.50 bits per heavy atom. The molecule has 3 rings (SSSR count). The van der Waals surface area contributed by atoms with Crippen LogP contribution in [0.25, 0.3) is 0 Å². The zero-order valence-corrected chi connectivity index (χ0v) is 16.3. The van der Waals surface area contributed by atoms with E-state index in [9.17, 15) is 14.9 Å². The van der Waals surface area contributed by atoms with E-state index in [1.54, 1.807) is 17.9 Å². The average Bonchev–Trinajstić information content (AvgIpc) is 2.71. The molecule has 0 radical (unpaired) electrons. The number of rotatable bonds is 5. The third kappa shape index (κ3) is 4.21. The summed E-state index contributed by atoms with van der Waals surface area (Å²) in [4.78, 5) is 30.7. The van der Waals surface area contributed by atoms with Gasteiger partial charge in [0.15, 0.2) is 12.3 Å². The number of carbonyl (C=O) groups is 1. The van der Waals surface area contributed by atoms with Crippen LogP contribution in [0.15, 0.2) is 36.5 Å². The molecule has 1 aromatic heterocycles. The summed E-state index contributed by atoms with van der Waals surface area (Å²) in [5.74, 6) is 0.522. The molecule has 0 aliphatic carbocycles. The van der Waals surface area contributed by atoms with Crippen LogP contribution in [0.1, 0.15) is 18.1 Å². The molecular weight excluding hydrogens is 360 g/mol. The van der Waals surface area contributed by atoms with E-state index in [0.29, 0.717) is 26.2 Å². The lowest BCUT2D eigenvalue weighted by molar-refractivity contribution is -0.389. The van der Waals surface area contributed by atoms with Gasteiger partial charge in [-0.2, -0.15) is 0 Å². The Labute approximate surface area is 163 Å². The lowest BCUT2D eigenvalue weighted by Gasteiger charge is -2.36. The number of amides is 1. The van der Waals surface area contributed by atoms with Gasteiger partial charge >= 0.3 is 5.82 Å². The molecule has 1 aliphatic heterocycles. The van der Waals surface area contributed by atoms with Gasteiger partial charge in [0, 0.05) is 32.2 Å². The van der Waals surface area contributed by atoms with Gasteiger partial charge in [0.25, 0.3) is 5.91 Å². The molecular formula is C20H24N4O4. The number of nitro groups is 1. The third-order valence-electron chi connectivity index (χ3n) is 5.08. The van der Waals surface area contributed by atoms with Crippen LogP contribution < -0.4 is 9.64 Å². The number of pyridine rings is 1. The molecule has 2 heterocycles. The maximum atomic E-state index is 12.8. The first-order valence-electron chi connectivity index (χ1n) is 9.24. The number of nitrogens with zero attached hydrogens (tertiary/aromatic N) is 4. The van der Waals surface area contributed by atoms with E-state index in [1.165, 1.54) is 12.3 Å². The molecule has 8 nitrogen and oxygen atoms in total. The molecule has 0 saturated carbocycles. The Hall–Kier alpha value is -3.16. The first-order chi connectivity index (χ1) is 13.4. The predicted octanol–water partition coefficient (Wildman–Crippen LogP) is 2.72. The smallest absolute Gasteiger partial charge is 0.363 e. The van der Waals surface area contributed by atoms with Crippen molar-refractivity contribution in [3.63, 3.8) is 0 Å². The van der Waals surface area contributed by atoms with E-state index in [-0.39, 0.29) is 11.7 Å². The highest BCUT2D eigenvalue weighted by atomic mass is 16.6. The van der Waals surface area contributed by atoms with Crippen LogP contribution in [0.3, 0.4) is 0 Å². The highest BCUT2D eigenvalue weighted by Gasteiger charge is 2.27. The van der Waals surface area contributed by atoms with Gasteiger partial charge in [-0.1, -0.05) is 12.1 Å². The van der Waals surface area contributed by atoms with Crippen LogP contribution in [-0.2, 0) is 4.79 Å². The van der Waals surface area contributed by atoms with Crippen molar-refractivity contribution in [1.82, 2.24) is 9.88 Å². The molecule has 8 heteroatoms. The van der Waals surface area contributed by atoms with Gasteiger partial charge in [0.2, 0.25) is 0 Å². The molecule has 1 fully saturated rings. The molecule has 0 spiro atoms. The summed E-state index contributed by atoms with van der Waals surface area (Å²) in [6.45, 7) is 8.19. The summed E-state index contributed by atoms with van der Waals surface area (Å²) in [6.07, 6.45) is 0.940. The minimum atomic E-state index is -0.562. The Morgan fingerprint density at radius 1 is 1.18 bits per heavy atom. The summed E-state index contributed by atoms with van der Waals surface area (Å²) < 4.78 is 5.91. The van der Waals surface area contributed by atoms with E-state index in [2.05, 4.69) is 9.88 Å². The molecule has 2 aromatic rings. The Balaban J connectivity index is 1.57. The first kappa shape index (κ1) is 19.6. The van der Waals surface area contributed by atoms with Crippen LogP contribution in [0.4, 0.5) is 11.5 Å². The van der Waals surface area contributed by atoms with E-state index < -0.39 is 11.0 Å². The second-order valence-electron chi connectivity index (χ2n) is 6.90. The Bertz CT molecular complexity index is 861. The van der Waals surface area contributed by atoms with E-state index in [4.69, 9.17) is 4.74 Å². The van der Waals surface area contributed by atoms with Crippen molar-refractivity contribution in [3.05, 3.63) is 57.8 Å². The number of aryl methyl sites for hydroxylation is 1. The standard InChI is InChI=1S/C20H24N4O4/c1-14-5-4-6-18(15(14)2)28-16(3)20(25)23-11-9-22(10-12-23)17-7-8-19(21-13-17)24(26)27/h4-8,13,16H,9-12H2,1-3H3/t16-/m0/s1. The van der Waals surface area contributed by atoms with Gasteiger partial charge in [0.05, 0.1) is 5.69 Å². The van der Waals surface area contributed by atoms with E-state index in [1.807, 2.05) is 32.0 Å². The molecule has 0 N–H and O–H groups in total. The minimum absolute atomic E-state index is 0.0395. The molecule has 1 saturated heterocycles. The predicted molar refractivity (Wildman–Crippen MR) is 106 cm³/mol. The average molecular weight is 384 g/mol. The molecule has 1 aromatic carbocycles. The second kappa shape index (κ2) is 8.24. The van der Waals surface area contributed by atoms with Gasteiger partial charge in [-0.25, -0.2) is 0 Å². The molecule has 148 valence electrons. The molecule has 0 bridgehead atoms. The number of anilines is 1. The molecule has 1 amide bonds. The number of hydrogen-bond donors (Lipinski definition) is 0. The number of aromatic nitrogens is 1. The topological polar surface area (TPSA) is 88.8 Å². The summed E-state index contributed by atoms with van der Waals surface area (Å²) in [7, 11) is 0. The zero-order valence-electron chi connectivity index (χ0n) is 16.3.